The Balaban J connectivity index is 1.35. The Bertz CT molecular complexity index is 2340. The summed E-state index contributed by atoms with van der Waals surface area (Å²) in [6.45, 7) is 2.15. The molecule has 0 spiro atoms. The van der Waals surface area contributed by atoms with Crippen LogP contribution >= 0.6 is 0 Å². The monoisotopic (exact) mass is 512 g/mol. The third-order valence-corrected chi connectivity index (χ3v) is 8.40. The Morgan fingerprint density at radius 2 is 0.875 bits per heavy atom. The van der Waals surface area contributed by atoms with Crippen molar-refractivity contribution in [3.05, 3.63) is 133 Å². The molecule has 0 aliphatic carbocycles. The molecular formula is C37H24N2O. The van der Waals surface area contributed by atoms with E-state index in [1.807, 2.05) is 0 Å². The van der Waals surface area contributed by atoms with Crippen LogP contribution in [-0.4, -0.2) is 9.13 Å². The number of para-hydroxylation sites is 4. The molecule has 0 aliphatic rings. The number of benzene rings is 6. The lowest BCUT2D eigenvalue weighted by Crippen LogP contribution is -1.95. The lowest BCUT2D eigenvalue weighted by atomic mass is 10.1. The van der Waals surface area contributed by atoms with Crippen LogP contribution in [0, 0.1) is 6.92 Å². The van der Waals surface area contributed by atoms with Crippen molar-refractivity contribution in [2.45, 2.75) is 6.92 Å². The molecule has 3 nitrogen and oxygen atoms in total. The highest BCUT2D eigenvalue weighted by molar-refractivity contribution is 6.12. The van der Waals surface area contributed by atoms with Crippen LogP contribution in [0.4, 0.5) is 0 Å². The first-order valence-electron chi connectivity index (χ1n) is 13.7. The number of rotatable bonds is 2. The van der Waals surface area contributed by atoms with Crippen LogP contribution in [0.25, 0.3) is 76.9 Å². The first kappa shape index (κ1) is 21.6. The van der Waals surface area contributed by atoms with Gasteiger partial charge in [-0.1, -0.05) is 72.8 Å². The topological polar surface area (TPSA) is 23.0 Å². The summed E-state index contributed by atoms with van der Waals surface area (Å²) in [5.41, 5.74) is 10.1. The zero-order valence-corrected chi connectivity index (χ0v) is 21.9. The average molecular weight is 513 g/mol. The van der Waals surface area contributed by atoms with Gasteiger partial charge in [0.05, 0.1) is 22.1 Å². The molecular weight excluding hydrogens is 488 g/mol. The second-order valence-electron chi connectivity index (χ2n) is 10.7. The highest BCUT2D eigenvalue weighted by Gasteiger charge is 2.17. The second-order valence-corrected chi connectivity index (χ2v) is 10.7. The van der Waals surface area contributed by atoms with Gasteiger partial charge in [0, 0.05) is 43.7 Å². The number of nitrogens with zero attached hydrogens (tertiary/aromatic N) is 2. The fourth-order valence-corrected chi connectivity index (χ4v) is 6.69. The van der Waals surface area contributed by atoms with Crippen LogP contribution in [0.5, 0.6) is 0 Å². The highest BCUT2D eigenvalue weighted by atomic mass is 16.3. The van der Waals surface area contributed by atoms with Gasteiger partial charge in [0.15, 0.2) is 0 Å². The molecule has 188 valence electrons. The second kappa shape index (κ2) is 7.87. The quantitative estimate of drug-likeness (QED) is 0.226. The molecule has 0 N–H and O–H groups in total. The van der Waals surface area contributed by atoms with Crippen LogP contribution in [-0.2, 0) is 0 Å². The summed E-state index contributed by atoms with van der Waals surface area (Å²) in [5.74, 6) is 0. The third kappa shape index (κ3) is 2.84. The maximum absolute atomic E-state index is 6.46. The average Bonchev–Trinajstić information content (AvgIpc) is 3.65. The fraction of sp³-hybridized carbons (Fsp3) is 0.0270. The molecule has 3 aromatic heterocycles. The Kier molecular flexibility index (Phi) is 4.26. The largest absolute Gasteiger partial charge is 0.456 e. The number of aryl methyl sites for hydroxylation is 1. The SMILES string of the molecule is Cc1cc(-n2c3ccccc3c3ccccc32)cc2c1oc1ccc(-n3c4ccccc4c4ccccc43)cc12. The van der Waals surface area contributed by atoms with E-state index in [1.54, 1.807) is 0 Å². The van der Waals surface area contributed by atoms with Crippen LogP contribution in [0.1, 0.15) is 5.56 Å². The summed E-state index contributed by atoms with van der Waals surface area (Å²) in [4.78, 5) is 0. The van der Waals surface area contributed by atoms with Crippen LogP contribution in [0.3, 0.4) is 0 Å². The van der Waals surface area contributed by atoms with Gasteiger partial charge in [0.2, 0.25) is 0 Å². The lowest BCUT2D eigenvalue weighted by molar-refractivity contribution is 0.665. The summed E-state index contributed by atoms with van der Waals surface area (Å²) in [5, 5.41) is 7.32. The zero-order valence-electron chi connectivity index (χ0n) is 21.9. The predicted molar refractivity (Wildman–Crippen MR) is 167 cm³/mol. The van der Waals surface area contributed by atoms with Crippen molar-refractivity contribution < 1.29 is 4.42 Å². The van der Waals surface area contributed by atoms with Gasteiger partial charge in [-0.3, -0.25) is 0 Å². The molecule has 0 aliphatic heterocycles. The van der Waals surface area contributed by atoms with Crippen molar-refractivity contribution in [2.24, 2.45) is 0 Å². The molecule has 0 amide bonds. The van der Waals surface area contributed by atoms with E-state index >= 15 is 0 Å². The molecule has 0 saturated heterocycles. The molecule has 0 saturated carbocycles. The number of hydrogen-bond donors (Lipinski definition) is 0. The van der Waals surface area contributed by atoms with Crippen molar-refractivity contribution in [3.8, 4) is 11.4 Å². The van der Waals surface area contributed by atoms with Crippen molar-refractivity contribution in [3.63, 3.8) is 0 Å². The maximum atomic E-state index is 6.46. The Morgan fingerprint density at radius 3 is 1.40 bits per heavy atom. The number of fused-ring (bicyclic) bond motifs is 9. The van der Waals surface area contributed by atoms with E-state index < -0.39 is 0 Å². The summed E-state index contributed by atoms with van der Waals surface area (Å²) in [6, 6.07) is 45.7. The van der Waals surface area contributed by atoms with Gasteiger partial charge < -0.3 is 13.6 Å². The summed E-state index contributed by atoms with van der Waals surface area (Å²) in [7, 11) is 0. The highest BCUT2D eigenvalue weighted by Crippen LogP contribution is 2.39. The van der Waals surface area contributed by atoms with E-state index in [-0.39, 0.29) is 0 Å². The van der Waals surface area contributed by atoms with Crippen molar-refractivity contribution >= 4 is 65.6 Å². The Hall–Kier alpha value is -5.28. The number of furan rings is 1. The third-order valence-electron chi connectivity index (χ3n) is 8.40. The molecule has 0 unspecified atom stereocenters. The van der Waals surface area contributed by atoms with Gasteiger partial charge in [-0.05, 0) is 67.1 Å². The molecule has 9 rings (SSSR count). The van der Waals surface area contributed by atoms with Gasteiger partial charge in [0.25, 0.3) is 0 Å². The molecule has 0 bridgehead atoms. The summed E-state index contributed by atoms with van der Waals surface area (Å²) in [6.07, 6.45) is 0. The van der Waals surface area contributed by atoms with E-state index in [9.17, 15) is 0 Å². The predicted octanol–water partition coefficient (Wildman–Crippen LogP) is 10.1. The van der Waals surface area contributed by atoms with Crippen molar-refractivity contribution in [1.82, 2.24) is 9.13 Å². The molecule has 0 radical (unpaired) electrons. The van der Waals surface area contributed by atoms with Gasteiger partial charge in [0.1, 0.15) is 11.2 Å². The fourth-order valence-electron chi connectivity index (χ4n) is 6.69. The van der Waals surface area contributed by atoms with Crippen LogP contribution < -0.4 is 0 Å². The molecule has 3 heterocycles. The molecule has 6 aromatic carbocycles. The minimum atomic E-state index is 0.905. The van der Waals surface area contributed by atoms with Gasteiger partial charge >= 0.3 is 0 Å². The zero-order chi connectivity index (χ0) is 26.4. The molecule has 9 aromatic rings. The number of hydrogen-bond acceptors (Lipinski definition) is 1. The Morgan fingerprint density at radius 1 is 0.425 bits per heavy atom. The van der Waals surface area contributed by atoms with E-state index in [1.165, 1.54) is 43.6 Å². The van der Waals surface area contributed by atoms with Gasteiger partial charge in [-0.15, -0.1) is 0 Å². The van der Waals surface area contributed by atoms with E-state index in [4.69, 9.17) is 4.42 Å². The lowest BCUT2D eigenvalue weighted by Gasteiger charge is -2.10. The van der Waals surface area contributed by atoms with Gasteiger partial charge in [-0.25, -0.2) is 0 Å². The first-order valence-corrected chi connectivity index (χ1v) is 13.7. The minimum Gasteiger partial charge on any atom is -0.456 e. The maximum Gasteiger partial charge on any atom is 0.138 e. The molecule has 40 heavy (non-hydrogen) atoms. The molecule has 0 fully saturated rings. The van der Waals surface area contributed by atoms with Crippen LogP contribution in [0.15, 0.2) is 132 Å². The van der Waals surface area contributed by atoms with Crippen LogP contribution in [0.2, 0.25) is 0 Å². The summed E-state index contributed by atoms with van der Waals surface area (Å²) < 4.78 is 11.2. The number of aromatic nitrogens is 2. The van der Waals surface area contributed by atoms with E-state index in [0.29, 0.717) is 0 Å². The molecule has 0 atom stereocenters. The normalized spacial score (nSPS) is 12.1. The first-order chi connectivity index (χ1) is 19.8. The molecule has 3 heteroatoms. The van der Waals surface area contributed by atoms with E-state index in [0.717, 1.165) is 38.9 Å². The smallest absolute Gasteiger partial charge is 0.138 e. The van der Waals surface area contributed by atoms with Gasteiger partial charge in [-0.2, -0.15) is 0 Å². The van der Waals surface area contributed by atoms with Crippen molar-refractivity contribution in [2.75, 3.05) is 0 Å². The summed E-state index contributed by atoms with van der Waals surface area (Å²) >= 11 is 0. The minimum absolute atomic E-state index is 0.905. The Labute approximate surface area is 230 Å². The van der Waals surface area contributed by atoms with E-state index in [2.05, 4.69) is 143 Å². The standard InChI is InChI=1S/C37H24N2O/c1-23-20-25(39-34-16-8-4-12-28(34)29-13-5-9-17-35(29)39)22-31-30-21-24(18-19-36(30)40-37(23)31)38-32-14-6-2-10-26(32)27-11-3-7-15-33(27)38/h2-22H,1H3. The van der Waals surface area contributed by atoms with Crippen molar-refractivity contribution in [1.29, 1.82) is 0 Å².